The topological polar surface area (TPSA) is 90.5 Å². The van der Waals surface area contributed by atoms with Crippen molar-refractivity contribution in [2.24, 2.45) is 0 Å². The van der Waals surface area contributed by atoms with E-state index in [1.165, 1.54) is 18.7 Å². The summed E-state index contributed by atoms with van der Waals surface area (Å²) in [7, 11) is 0. The van der Waals surface area contributed by atoms with Gasteiger partial charge in [-0.1, -0.05) is 23.7 Å². The summed E-state index contributed by atoms with van der Waals surface area (Å²) in [6.07, 6.45) is 9.32. The molecule has 0 bridgehead atoms. The monoisotopic (exact) mass is 357 g/mol. The van der Waals surface area contributed by atoms with Gasteiger partial charge >= 0.3 is 0 Å². The molecule has 0 atom stereocenters. The summed E-state index contributed by atoms with van der Waals surface area (Å²) in [5.74, 6) is -0.208. The molecule has 2 aromatic heterocycles. The van der Waals surface area contributed by atoms with Gasteiger partial charge in [0.1, 0.15) is 25.3 Å². The van der Waals surface area contributed by atoms with Crippen LogP contribution < -0.4 is 5.32 Å². The van der Waals surface area contributed by atoms with Crippen LogP contribution in [0.15, 0.2) is 55.7 Å². The van der Waals surface area contributed by atoms with Gasteiger partial charge < -0.3 is 5.32 Å². The first-order valence-electron chi connectivity index (χ1n) is 7.58. The van der Waals surface area contributed by atoms with Gasteiger partial charge in [0.15, 0.2) is 0 Å². The Bertz CT molecular complexity index is 777. The van der Waals surface area contributed by atoms with Crippen molar-refractivity contribution in [3.8, 4) is 0 Å². The second-order valence-electron chi connectivity index (χ2n) is 5.33. The van der Waals surface area contributed by atoms with Gasteiger partial charge in [-0.3, -0.25) is 14.2 Å². The van der Waals surface area contributed by atoms with Crippen molar-refractivity contribution < 1.29 is 4.79 Å². The number of benzene rings is 1. The molecule has 0 aliphatic carbocycles. The summed E-state index contributed by atoms with van der Waals surface area (Å²) in [4.78, 5) is 20.1. The van der Waals surface area contributed by atoms with Crippen LogP contribution in [0, 0.1) is 0 Å². The standard InChI is InChI=1S/C16H16ClN7O/c17-14-4-1-13(2-5-14)3-6-16(25)22-15(7-23-11-18-9-20-23)8-24-12-19-10-21-24/h1-6,9-12,15H,7-8H2,(H,22,25). The van der Waals surface area contributed by atoms with Crippen LogP contribution in [0.4, 0.5) is 0 Å². The van der Waals surface area contributed by atoms with Crippen LogP contribution in [0.25, 0.3) is 6.08 Å². The molecule has 0 spiro atoms. The maximum absolute atomic E-state index is 12.2. The van der Waals surface area contributed by atoms with Crippen molar-refractivity contribution >= 4 is 23.6 Å². The molecule has 8 nitrogen and oxygen atoms in total. The molecule has 1 N–H and O–H groups in total. The zero-order chi connectivity index (χ0) is 17.5. The predicted octanol–water partition coefficient (Wildman–Crippen LogP) is 1.42. The predicted molar refractivity (Wildman–Crippen MR) is 92.5 cm³/mol. The number of nitrogens with one attached hydrogen (secondary N) is 1. The van der Waals surface area contributed by atoms with E-state index >= 15 is 0 Å². The first kappa shape index (κ1) is 16.8. The average Bonchev–Trinajstić information content (AvgIpc) is 3.28. The minimum atomic E-state index is -0.217. The number of halogens is 1. The molecule has 9 heteroatoms. The number of nitrogens with zero attached hydrogens (tertiary/aromatic N) is 6. The van der Waals surface area contributed by atoms with Crippen LogP contribution in [0.5, 0.6) is 0 Å². The van der Waals surface area contributed by atoms with Crippen molar-refractivity contribution in [1.82, 2.24) is 34.8 Å². The third kappa shape index (κ3) is 5.25. The second-order valence-corrected chi connectivity index (χ2v) is 5.76. The van der Waals surface area contributed by atoms with E-state index in [2.05, 4.69) is 25.5 Å². The Labute approximate surface area is 149 Å². The third-order valence-corrected chi connectivity index (χ3v) is 3.64. The minimum Gasteiger partial charge on any atom is -0.346 e. The number of aromatic nitrogens is 6. The van der Waals surface area contributed by atoms with Crippen molar-refractivity contribution in [3.63, 3.8) is 0 Å². The summed E-state index contributed by atoms with van der Waals surface area (Å²) in [6, 6.07) is 7.02. The molecule has 0 saturated heterocycles. The van der Waals surface area contributed by atoms with Crippen molar-refractivity contribution in [2.45, 2.75) is 19.1 Å². The number of rotatable bonds is 7. The third-order valence-electron chi connectivity index (χ3n) is 3.39. The van der Waals surface area contributed by atoms with E-state index in [9.17, 15) is 4.79 Å². The fourth-order valence-corrected chi connectivity index (χ4v) is 2.38. The molecule has 0 fully saturated rings. The summed E-state index contributed by atoms with van der Waals surface area (Å²) in [5, 5.41) is 11.7. The molecule has 0 saturated carbocycles. The number of carbonyl (C=O) groups excluding carboxylic acids is 1. The summed E-state index contributed by atoms with van der Waals surface area (Å²) >= 11 is 5.85. The molecular weight excluding hydrogens is 342 g/mol. The molecule has 0 aliphatic rings. The van der Waals surface area contributed by atoms with E-state index in [0.29, 0.717) is 18.1 Å². The van der Waals surface area contributed by atoms with E-state index in [-0.39, 0.29) is 11.9 Å². The molecule has 1 amide bonds. The Morgan fingerprint density at radius 3 is 2.20 bits per heavy atom. The SMILES string of the molecule is O=C(C=Cc1ccc(Cl)cc1)NC(Cn1cncn1)Cn1cncn1. The molecule has 0 aliphatic heterocycles. The largest absolute Gasteiger partial charge is 0.346 e. The highest BCUT2D eigenvalue weighted by molar-refractivity contribution is 6.30. The highest BCUT2D eigenvalue weighted by atomic mass is 35.5. The van der Waals surface area contributed by atoms with Crippen LogP contribution >= 0.6 is 11.6 Å². The molecule has 25 heavy (non-hydrogen) atoms. The Morgan fingerprint density at radius 2 is 1.68 bits per heavy atom. The van der Waals surface area contributed by atoms with E-state index in [4.69, 9.17) is 11.6 Å². The quantitative estimate of drug-likeness (QED) is 0.646. The van der Waals surface area contributed by atoms with Crippen molar-refractivity contribution in [1.29, 1.82) is 0 Å². The molecule has 128 valence electrons. The Balaban J connectivity index is 1.63. The van der Waals surface area contributed by atoms with E-state index < -0.39 is 0 Å². The lowest BCUT2D eigenvalue weighted by Gasteiger charge is -2.17. The number of hydrogen-bond donors (Lipinski definition) is 1. The zero-order valence-corrected chi connectivity index (χ0v) is 14.0. The van der Waals surface area contributed by atoms with Gasteiger partial charge in [-0.05, 0) is 23.8 Å². The summed E-state index contributed by atoms with van der Waals surface area (Å²) < 4.78 is 3.32. The van der Waals surface area contributed by atoms with Crippen LogP contribution in [-0.2, 0) is 17.9 Å². The van der Waals surface area contributed by atoms with Gasteiger partial charge in [0, 0.05) is 11.1 Å². The first-order valence-corrected chi connectivity index (χ1v) is 7.96. The van der Waals surface area contributed by atoms with Crippen molar-refractivity contribution in [2.75, 3.05) is 0 Å². The van der Waals surface area contributed by atoms with Gasteiger partial charge in [0.2, 0.25) is 5.91 Å². The minimum absolute atomic E-state index is 0.208. The molecule has 2 heterocycles. The lowest BCUT2D eigenvalue weighted by Crippen LogP contribution is -2.40. The van der Waals surface area contributed by atoms with E-state index in [1.54, 1.807) is 40.2 Å². The highest BCUT2D eigenvalue weighted by Crippen LogP contribution is 2.10. The van der Waals surface area contributed by atoms with Gasteiger partial charge in [0.25, 0.3) is 0 Å². The Morgan fingerprint density at radius 1 is 1.08 bits per heavy atom. The van der Waals surface area contributed by atoms with Crippen LogP contribution in [0.3, 0.4) is 0 Å². The Hall–Kier alpha value is -3.00. The average molecular weight is 358 g/mol. The highest BCUT2D eigenvalue weighted by Gasteiger charge is 2.13. The number of carbonyl (C=O) groups is 1. The van der Waals surface area contributed by atoms with Gasteiger partial charge in [-0.25, -0.2) is 9.97 Å². The fraction of sp³-hybridized carbons (Fsp3) is 0.188. The molecule has 3 rings (SSSR count). The normalized spacial score (nSPS) is 11.3. The second kappa shape index (κ2) is 8.20. The smallest absolute Gasteiger partial charge is 0.244 e. The fourth-order valence-electron chi connectivity index (χ4n) is 2.25. The van der Waals surface area contributed by atoms with Gasteiger partial charge in [-0.2, -0.15) is 10.2 Å². The molecular formula is C16H16ClN7O. The van der Waals surface area contributed by atoms with E-state index in [1.807, 2.05) is 12.1 Å². The van der Waals surface area contributed by atoms with E-state index in [0.717, 1.165) is 5.56 Å². The maximum atomic E-state index is 12.2. The zero-order valence-electron chi connectivity index (χ0n) is 13.2. The number of hydrogen-bond acceptors (Lipinski definition) is 5. The lowest BCUT2D eigenvalue weighted by molar-refractivity contribution is -0.117. The summed E-state index contributed by atoms with van der Waals surface area (Å²) in [6.45, 7) is 0.945. The first-order chi connectivity index (χ1) is 12.2. The number of amides is 1. The van der Waals surface area contributed by atoms with Crippen LogP contribution in [0.2, 0.25) is 5.02 Å². The Kier molecular flexibility index (Phi) is 5.53. The van der Waals surface area contributed by atoms with Crippen LogP contribution in [0.1, 0.15) is 5.56 Å². The molecule has 0 unspecified atom stereocenters. The van der Waals surface area contributed by atoms with Gasteiger partial charge in [-0.15, -0.1) is 0 Å². The van der Waals surface area contributed by atoms with Crippen molar-refractivity contribution in [3.05, 3.63) is 66.2 Å². The maximum Gasteiger partial charge on any atom is 0.244 e. The lowest BCUT2D eigenvalue weighted by atomic mass is 10.2. The molecule has 1 aromatic carbocycles. The molecule has 0 radical (unpaired) electrons. The van der Waals surface area contributed by atoms with Crippen LogP contribution in [-0.4, -0.2) is 41.5 Å². The summed E-state index contributed by atoms with van der Waals surface area (Å²) in [5.41, 5.74) is 0.892. The molecule has 3 aromatic rings. The van der Waals surface area contributed by atoms with Gasteiger partial charge in [0.05, 0.1) is 19.1 Å².